The Balaban J connectivity index is 1.84. The normalized spacial score (nSPS) is 10.4. The van der Waals surface area contributed by atoms with Crippen LogP contribution < -0.4 is 10.9 Å². The van der Waals surface area contributed by atoms with Gasteiger partial charge in [0.1, 0.15) is 0 Å². The predicted molar refractivity (Wildman–Crippen MR) is 99.9 cm³/mol. The SMILES string of the molecule is COC(=O)c1cccc(Nc2nc(C)c(Cc3ccccc3)c(=O)[nH]2)c1. The highest BCUT2D eigenvalue weighted by molar-refractivity contribution is 5.90. The molecule has 0 amide bonds. The third-order valence-corrected chi connectivity index (χ3v) is 3.99. The third-order valence-electron chi connectivity index (χ3n) is 3.99. The lowest BCUT2D eigenvalue weighted by molar-refractivity contribution is 0.0601. The predicted octanol–water partition coefficient (Wildman–Crippen LogP) is 3.20. The summed E-state index contributed by atoms with van der Waals surface area (Å²) in [6, 6.07) is 16.6. The minimum atomic E-state index is -0.426. The summed E-state index contributed by atoms with van der Waals surface area (Å²) in [6.07, 6.45) is 0.521. The van der Waals surface area contributed by atoms with Gasteiger partial charge in [0.05, 0.1) is 18.4 Å². The molecule has 3 aromatic rings. The van der Waals surface area contributed by atoms with Crippen LogP contribution in [0.1, 0.15) is 27.2 Å². The average Bonchev–Trinajstić information content (AvgIpc) is 2.65. The molecule has 6 nitrogen and oxygen atoms in total. The van der Waals surface area contributed by atoms with Gasteiger partial charge in [-0.1, -0.05) is 36.4 Å². The first-order valence-electron chi connectivity index (χ1n) is 8.16. The number of methoxy groups -OCH3 is 1. The van der Waals surface area contributed by atoms with Crippen molar-refractivity contribution in [2.24, 2.45) is 0 Å². The molecule has 0 saturated heterocycles. The summed E-state index contributed by atoms with van der Waals surface area (Å²) < 4.78 is 4.71. The molecule has 2 aromatic carbocycles. The zero-order valence-corrected chi connectivity index (χ0v) is 14.6. The van der Waals surface area contributed by atoms with E-state index in [4.69, 9.17) is 4.74 Å². The molecular weight excluding hydrogens is 330 g/mol. The Labute approximate surface area is 150 Å². The zero-order chi connectivity index (χ0) is 18.5. The van der Waals surface area contributed by atoms with E-state index >= 15 is 0 Å². The van der Waals surface area contributed by atoms with Gasteiger partial charge in [-0.25, -0.2) is 9.78 Å². The number of carbonyl (C=O) groups is 1. The number of carbonyl (C=O) groups excluding carboxylic acids is 1. The number of hydrogen-bond acceptors (Lipinski definition) is 5. The van der Waals surface area contributed by atoms with Gasteiger partial charge in [0.15, 0.2) is 0 Å². The van der Waals surface area contributed by atoms with E-state index in [1.54, 1.807) is 24.3 Å². The lowest BCUT2D eigenvalue weighted by Crippen LogP contribution is -2.18. The molecule has 6 heteroatoms. The number of H-pyrrole nitrogens is 1. The number of ether oxygens (including phenoxy) is 1. The number of anilines is 2. The summed E-state index contributed by atoms with van der Waals surface area (Å²) >= 11 is 0. The Hall–Kier alpha value is -3.41. The molecule has 0 aliphatic carbocycles. The van der Waals surface area contributed by atoms with Gasteiger partial charge in [-0.2, -0.15) is 0 Å². The Morgan fingerprint density at radius 3 is 2.62 bits per heavy atom. The number of aryl methyl sites for hydroxylation is 1. The number of nitrogens with zero attached hydrogens (tertiary/aromatic N) is 1. The summed E-state index contributed by atoms with van der Waals surface area (Å²) in [5.74, 6) is -0.101. The van der Waals surface area contributed by atoms with Gasteiger partial charge in [0.25, 0.3) is 5.56 Å². The molecule has 0 radical (unpaired) electrons. The van der Waals surface area contributed by atoms with Crippen LogP contribution in [0.15, 0.2) is 59.4 Å². The fourth-order valence-electron chi connectivity index (χ4n) is 2.66. The maximum absolute atomic E-state index is 12.5. The van der Waals surface area contributed by atoms with E-state index < -0.39 is 5.97 Å². The highest BCUT2D eigenvalue weighted by Crippen LogP contribution is 2.16. The Bertz CT molecular complexity index is 981. The van der Waals surface area contributed by atoms with Crippen LogP contribution in [0.3, 0.4) is 0 Å². The molecule has 0 spiro atoms. The van der Waals surface area contributed by atoms with Gasteiger partial charge in [-0.15, -0.1) is 0 Å². The van der Waals surface area contributed by atoms with Crippen molar-refractivity contribution in [2.75, 3.05) is 12.4 Å². The van der Waals surface area contributed by atoms with E-state index in [0.717, 1.165) is 5.56 Å². The van der Waals surface area contributed by atoms with E-state index in [-0.39, 0.29) is 5.56 Å². The molecule has 3 rings (SSSR count). The Morgan fingerprint density at radius 1 is 1.15 bits per heavy atom. The number of rotatable bonds is 5. The lowest BCUT2D eigenvalue weighted by Gasteiger charge is -2.10. The molecule has 1 aromatic heterocycles. The van der Waals surface area contributed by atoms with Crippen molar-refractivity contribution in [3.8, 4) is 0 Å². The van der Waals surface area contributed by atoms with Crippen LogP contribution in [0.25, 0.3) is 0 Å². The lowest BCUT2D eigenvalue weighted by atomic mass is 10.1. The molecule has 0 atom stereocenters. The number of aromatic nitrogens is 2. The molecule has 2 N–H and O–H groups in total. The Kier molecular flexibility index (Phi) is 5.12. The molecule has 1 heterocycles. The van der Waals surface area contributed by atoms with Gasteiger partial charge in [-0.05, 0) is 30.7 Å². The van der Waals surface area contributed by atoms with E-state index in [1.807, 2.05) is 37.3 Å². The van der Waals surface area contributed by atoms with Crippen LogP contribution in [0.5, 0.6) is 0 Å². The molecule has 132 valence electrons. The van der Waals surface area contributed by atoms with Gasteiger partial charge < -0.3 is 10.1 Å². The van der Waals surface area contributed by atoms with Crippen LogP contribution in [-0.2, 0) is 11.2 Å². The monoisotopic (exact) mass is 349 g/mol. The molecule has 0 bridgehead atoms. The molecule has 0 aliphatic heterocycles. The maximum Gasteiger partial charge on any atom is 0.337 e. The van der Waals surface area contributed by atoms with Crippen molar-refractivity contribution in [1.29, 1.82) is 0 Å². The van der Waals surface area contributed by atoms with Crippen molar-refractivity contribution in [2.45, 2.75) is 13.3 Å². The Morgan fingerprint density at radius 2 is 1.92 bits per heavy atom. The molecule has 26 heavy (non-hydrogen) atoms. The van der Waals surface area contributed by atoms with Gasteiger partial charge in [0, 0.05) is 17.7 Å². The molecule has 0 saturated carbocycles. The molecular formula is C20H19N3O3. The number of aromatic amines is 1. The summed E-state index contributed by atoms with van der Waals surface area (Å²) in [5, 5.41) is 3.02. The minimum absolute atomic E-state index is 0.187. The van der Waals surface area contributed by atoms with Crippen LogP contribution in [-0.4, -0.2) is 23.0 Å². The topological polar surface area (TPSA) is 84.1 Å². The number of esters is 1. The summed E-state index contributed by atoms with van der Waals surface area (Å²) in [6.45, 7) is 1.81. The number of hydrogen-bond donors (Lipinski definition) is 2. The number of benzene rings is 2. The quantitative estimate of drug-likeness (QED) is 0.691. The third kappa shape index (κ3) is 3.97. The van der Waals surface area contributed by atoms with Gasteiger partial charge in [-0.3, -0.25) is 9.78 Å². The van der Waals surface area contributed by atoms with Crippen molar-refractivity contribution in [3.05, 3.63) is 87.3 Å². The van der Waals surface area contributed by atoms with Crippen LogP contribution in [0, 0.1) is 6.92 Å². The first kappa shape index (κ1) is 17.4. The van der Waals surface area contributed by atoms with Crippen LogP contribution in [0.2, 0.25) is 0 Å². The second kappa shape index (κ2) is 7.65. The fraction of sp³-hybridized carbons (Fsp3) is 0.150. The van der Waals surface area contributed by atoms with E-state index in [1.165, 1.54) is 7.11 Å². The van der Waals surface area contributed by atoms with E-state index in [0.29, 0.717) is 34.9 Å². The standard InChI is InChI=1S/C20H19N3O3/c1-13-17(11-14-7-4-3-5-8-14)18(24)23-20(21-13)22-16-10-6-9-15(12-16)19(25)26-2/h3-10,12H,11H2,1-2H3,(H2,21,22,23,24). The fourth-order valence-corrected chi connectivity index (χ4v) is 2.66. The molecule has 0 aliphatic rings. The average molecular weight is 349 g/mol. The van der Waals surface area contributed by atoms with Crippen LogP contribution in [0.4, 0.5) is 11.6 Å². The number of nitrogens with one attached hydrogen (secondary N) is 2. The second-order valence-electron chi connectivity index (χ2n) is 5.84. The van der Waals surface area contributed by atoms with Crippen LogP contribution >= 0.6 is 0 Å². The first-order chi connectivity index (χ1) is 12.6. The van der Waals surface area contributed by atoms with E-state index in [2.05, 4.69) is 15.3 Å². The minimum Gasteiger partial charge on any atom is -0.465 e. The first-order valence-corrected chi connectivity index (χ1v) is 8.16. The van der Waals surface area contributed by atoms with E-state index in [9.17, 15) is 9.59 Å². The van der Waals surface area contributed by atoms with Crippen molar-refractivity contribution in [1.82, 2.24) is 9.97 Å². The van der Waals surface area contributed by atoms with Gasteiger partial charge >= 0.3 is 5.97 Å². The highest BCUT2D eigenvalue weighted by Gasteiger charge is 2.10. The second-order valence-corrected chi connectivity index (χ2v) is 5.84. The van der Waals surface area contributed by atoms with Crippen molar-refractivity contribution >= 4 is 17.6 Å². The molecule has 0 unspecified atom stereocenters. The maximum atomic E-state index is 12.5. The van der Waals surface area contributed by atoms with Crippen molar-refractivity contribution in [3.63, 3.8) is 0 Å². The zero-order valence-electron chi connectivity index (χ0n) is 14.6. The summed E-state index contributed by atoms with van der Waals surface area (Å²) in [5.41, 5.74) is 3.19. The largest absolute Gasteiger partial charge is 0.465 e. The smallest absolute Gasteiger partial charge is 0.337 e. The highest BCUT2D eigenvalue weighted by atomic mass is 16.5. The molecule has 0 fully saturated rings. The summed E-state index contributed by atoms with van der Waals surface area (Å²) in [4.78, 5) is 31.3. The summed E-state index contributed by atoms with van der Waals surface area (Å²) in [7, 11) is 1.33. The van der Waals surface area contributed by atoms with Gasteiger partial charge in [0.2, 0.25) is 5.95 Å². The van der Waals surface area contributed by atoms with Crippen molar-refractivity contribution < 1.29 is 9.53 Å².